The van der Waals surface area contributed by atoms with Crippen LogP contribution < -0.4 is 9.64 Å². The van der Waals surface area contributed by atoms with Gasteiger partial charge in [0.2, 0.25) is 0 Å². The van der Waals surface area contributed by atoms with E-state index in [1.54, 1.807) is 16.9 Å². The van der Waals surface area contributed by atoms with E-state index in [1.807, 2.05) is 93.6 Å². The van der Waals surface area contributed by atoms with Gasteiger partial charge < -0.3 is 19.3 Å². The van der Waals surface area contributed by atoms with Gasteiger partial charge in [0, 0.05) is 42.9 Å². The minimum Gasteiger partial charge on any atom is -0.496 e. The Morgan fingerprint density at radius 2 is 1.61 bits per heavy atom. The van der Waals surface area contributed by atoms with Crippen LogP contribution in [-0.4, -0.2) is 55.0 Å². The molecule has 0 aliphatic carbocycles. The van der Waals surface area contributed by atoms with Crippen molar-refractivity contribution in [3.63, 3.8) is 0 Å². The summed E-state index contributed by atoms with van der Waals surface area (Å²) in [7, 11) is 1.64. The van der Waals surface area contributed by atoms with E-state index < -0.39 is 5.60 Å². The number of hydrogen-bond donors (Lipinski definition) is 0. The molecule has 0 aromatic heterocycles. The highest BCUT2D eigenvalue weighted by atomic mass is 16.6. The van der Waals surface area contributed by atoms with Gasteiger partial charge in [-0.25, -0.2) is 4.79 Å². The summed E-state index contributed by atoms with van der Waals surface area (Å²) >= 11 is 0. The minimum atomic E-state index is -0.593. The van der Waals surface area contributed by atoms with Crippen LogP contribution in [0.3, 0.4) is 0 Å². The average molecular weight is 557 g/mol. The van der Waals surface area contributed by atoms with Crippen molar-refractivity contribution in [2.75, 3.05) is 31.6 Å². The number of hydrogen-bond acceptors (Lipinski definition) is 5. The third kappa shape index (κ3) is 7.97. The molecule has 1 heterocycles. The van der Waals surface area contributed by atoms with Crippen molar-refractivity contribution in [3.8, 4) is 5.75 Å². The van der Waals surface area contributed by atoms with Gasteiger partial charge in [0.15, 0.2) is 5.78 Å². The quantitative estimate of drug-likeness (QED) is 0.193. The van der Waals surface area contributed by atoms with Gasteiger partial charge in [-0.15, -0.1) is 0 Å². The second-order valence-corrected chi connectivity index (χ2v) is 11.3. The molecule has 0 fully saturated rings. The first kappa shape index (κ1) is 29.8. The highest BCUT2D eigenvalue weighted by Gasteiger charge is 2.26. The fraction of sp³-hybridized carbons (Fsp3) is 0.382. The standard InChI is InChI=1S/C34H40N2O5/c1-34(2,3)41-33(39)35(22-19-25-12-8-9-16-31(25)40-4)21-11-10-15-30(37)28-17-18-29-27(24-28)20-23-36(29)32(38)26-13-6-5-7-14-26/h5-9,12-14,16-18,24H,10-11,15,19-23H2,1-4H3. The minimum absolute atomic E-state index is 0.0244. The zero-order valence-corrected chi connectivity index (χ0v) is 24.5. The van der Waals surface area contributed by atoms with Crippen LogP contribution in [0, 0.1) is 0 Å². The number of benzene rings is 3. The Labute approximate surface area is 243 Å². The smallest absolute Gasteiger partial charge is 0.410 e. The Morgan fingerprint density at radius 1 is 0.878 bits per heavy atom. The van der Waals surface area contributed by atoms with Gasteiger partial charge in [-0.2, -0.15) is 0 Å². The van der Waals surface area contributed by atoms with Gasteiger partial charge in [-0.1, -0.05) is 36.4 Å². The zero-order chi connectivity index (χ0) is 29.4. The number of amides is 2. The summed E-state index contributed by atoms with van der Waals surface area (Å²) in [5.74, 6) is 0.839. The Kier molecular flexibility index (Phi) is 9.82. The second-order valence-electron chi connectivity index (χ2n) is 11.3. The van der Waals surface area contributed by atoms with Crippen molar-refractivity contribution in [1.29, 1.82) is 0 Å². The topological polar surface area (TPSA) is 76.2 Å². The first-order chi connectivity index (χ1) is 19.7. The monoisotopic (exact) mass is 556 g/mol. The average Bonchev–Trinajstić information content (AvgIpc) is 3.39. The van der Waals surface area contributed by atoms with Crippen LogP contribution in [0.4, 0.5) is 10.5 Å². The van der Waals surface area contributed by atoms with Gasteiger partial charge in [-0.05, 0) is 94.0 Å². The maximum atomic E-state index is 13.0. The van der Waals surface area contributed by atoms with Crippen LogP contribution in [0.5, 0.6) is 5.75 Å². The molecule has 0 N–H and O–H groups in total. The summed E-state index contributed by atoms with van der Waals surface area (Å²) in [6.45, 7) is 7.17. The number of methoxy groups -OCH3 is 1. The molecule has 3 aromatic rings. The molecule has 0 atom stereocenters. The van der Waals surface area contributed by atoms with E-state index in [9.17, 15) is 14.4 Å². The maximum absolute atomic E-state index is 13.0. The highest BCUT2D eigenvalue weighted by molar-refractivity contribution is 6.07. The first-order valence-electron chi connectivity index (χ1n) is 14.3. The lowest BCUT2D eigenvalue weighted by atomic mass is 10.0. The Hall–Kier alpha value is -4.13. The van der Waals surface area contributed by atoms with Crippen LogP contribution in [0.25, 0.3) is 0 Å². The van der Waals surface area contributed by atoms with Crippen molar-refractivity contribution in [2.24, 2.45) is 0 Å². The summed E-state index contributed by atoms with van der Waals surface area (Å²) in [6, 6.07) is 22.7. The van der Waals surface area contributed by atoms with E-state index in [0.29, 0.717) is 56.4 Å². The van der Waals surface area contributed by atoms with E-state index in [-0.39, 0.29) is 17.8 Å². The predicted octanol–water partition coefficient (Wildman–Crippen LogP) is 6.73. The number of carbonyl (C=O) groups excluding carboxylic acids is 3. The number of unbranched alkanes of at least 4 members (excludes halogenated alkanes) is 1. The summed E-state index contributed by atoms with van der Waals surface area (Å²) in [6.07, 6.45) is 2.74. The van der Waals surface area contributed by atoms with Crippen LogP contribution in [-0.2, 0) is 17.6 Å². The normalized spacial score (nSPS) is 12.5. The molecule has 7 nitrogen and oxygen atoms in total. The van der Waals surface area contributed by atoms with E-state index in [2.05, 4.69) is 0 Å². The molecule has 0 saturated heterocycles. The van der Waals surface area contributed by atoms with Gasteiger partial charge in [0.1, 0.15) is 11.4 Å². The molecular formula is C34H40N2O5. The number of ketones is 1. The molecule has 0 unspecified atom stereocenters. The van der Waals surface area contributed by atoms with Gasteiger partial charge in [0.25, 0.3) is 5.91 Å². The molecule has 0 spiro atoms. The molecule has 41 heavy (non-hydrogen) atoms. The maximum Gasteiger partial charge on any atom is 0.410 e. The Balaban J connectivity index is 1.32. The molecular weight excluding hydrogens is 516 g/mol. The second kappa shape index (κ2) is 13.5. The first-order valence-corrected chi connectivity index (χ1v) is 14.3. The number of Topliss-reactive ketones (excluding diaryl/α,β-unsaturated/α-hetero) is 1. The van der Waals surface area contributed by atoms with Gasteiger partial charge in [0.05, 0.1) is 7.11 Å². The van der Waals surface area contributed by atoms with Crippen molar-refractivity contribution < 1.29 is 23.9 Å². The molecule has 0 bridgehead atoms. The molecule has 7 heteroatoms. The Bertz CT molecular complexity index is 1360. The number of fused-ring (bicyclic) bond motifs is 1. The summed E-state index contributed by atoms with van der Waals surface area (Å²) in [5, 5.41) is 0. The summed E-state index contributed by atoms with van der Waals surface area (Å²) in [5.41, 5.74) is 3.65. The molecule has 0 radical (unpaired) electrons. The molecule has 3 aromatic carbocycles. The lowest BCUT2D eigenvalue weighted by Gasteiger charge is -2.27. The lowest BCUT2D eigenvalue weighted by Crippen LogP contribution is -2.38. The fourth-order valence-electron chi connectivity index (χ4n) is 5.04. The number of anilines is 1. The third-order valence-electron chi connectivity index (χ3n) is 7.14. The van der Waals surface area contributed by atoms with E-state index >= 15 is 0 Å². The highest BCUT2D eigenvalue weighted by Crippen LogP contribution is 2.31. The Morgan fingerprint density at radius 3 is 2.34 bits per heavy atom. The fourth-order valence-corrected chi connectivity index (χ4v) is 5.04. The van der Waals surface area contributed by atoms with Crippen molar-refractivity contribution in [3.05, 3.63) is 95.1 Å². The number of rotatable bonds is 11. The van der Waals surface area contributed by atoms with Crippen LogP contribution in [0.2, 0.25) is 0 Å². The summed E-state index contributed by atoms with van der Waals surface area (Å²) < 4.78 is 11.1. The van der Waals surface area contributed by atoms with E-state index in [4.69, 9.17) is 9.47 Å². The molecule has 2 amide bonds. The molecule has 1 aliphatic rings. The van der Waals surface area contributed by atoms with Crippen LogP contribution in [0.15, 0.2) is 72.8 Å². The number of ether oxygens (including phenoxy) is 2. The van der Waals surface area contributed by atoms with E-state index in [0.717, 1.165) is 29.0 Å². The van der Waals surface area contributed by atoms with Crippen molar-refractivity contribution in [2.45, 2.75) is 58.5 Å². The van der Waals surface area contributed by atoms with Gasteiger partial charge >= 0.3 is 6.09 Å². The van der Waals surface area contributed by atoms with Crippen molar-refractivity contribution in [1.82, 2.24) is 4.90 Å². The number of carbonyl (C=O) groups is 3. The number of nitrogens with zero attached hydrogens (tertiary/aromatic N) is 2. The van der Waals surface area contributed by atoms with Gasteiger partial charge in [-0.3, -0.25) is 9.59 Å². The zero-order valence-electron chi connectivity index (χ0n) is 24.5. The largest absolute Gasteiger partial charge is 0.496 e. The number of para-hydroxylation sites is 1. The SMILES string of the molecule is COc1ccccc1CCN(CCCCC(=O)c1ccc2c(c1)CCN2C(=O)c1ccccc1)C(=O)OC(C)(C)C. The van der Waals surface area contributed by atoms with Crippen molar-refractivity contribution >= 4 is 23.5 Å². The molecule has 4 rings (SSSR count). The van der Waals surface area contributed by atoms with Crippen LogP contribution in [0.1, 0.15) is 71.9 Å². The summed E-state index contributed by atoms with van der Waals surface area (Å²) in [4.78, 5) is 42.4. The van der Waals surface area contributed by atoms with E-state index in [1.165, 1.54) is 0 Å². The molecule has 216 valence electrons. The molecule has 0 saturated carbocycles. The molecule has 1 aliphatic heterocycles. The third-order valence-corrected chi connectivity index (χ3v) is 7.14. The van der Waals surface area contributed by atoms with Crippen LogP contribution >= 0.6 is 0 Å². The predicted molar refractivity (Wildman–Crippen MR) is 161 cm³/mol. The lowest BCUT2D eigenvalue weighted by molar-refractivity contribution is 0.0249.